The van der Waals surface area contributed by atoms with Gasteiger partial charge in [-0.15, -0.1) is 0 Å². The minimum Gasteiger partial charge on any atom is -0.368 e. The topological polar surface area (TPSA) is 108 Å². The fraction of sp³-hybridized carbons (Fsp3) is 0.235. The number of halogens is 1. The molecule has 4 aromatic carbocycles. The van der Waals surface area contributed by atoms with Gasteiger partial charge in [0.25, 0.3) is 5.91 Å². The Morgan fingerprint density at radius 2 is 1.74 bits per heavy atom. The standard InChI is InChI=1S/C34H31ClN4O3/c1-22-16-17-38(30(33(37)41)20-26-8-4-7-25-6-2-3-11-29(25)26)34(42)32(27-9-5-10-28(35)19-27)39(22)31(40)18-23-12-14-24(21-36)15-13-23/h2-15,19,22,30,32H,16-18,20H2,1H3,(H2,37,41). The van der Waals surface area contributed by atoms with Crippen LogP contribution in [-0.2, 0) is 27.2 Å². The molecule has 0 spiro atoms. The van der Waals surface area contributed by atoms with Crippen LogP contribution in [0.15, 0.2) is 91.0 Å². The quantitative estimate of drug-likeness (QED) is 0.325. The van der Waals surface area contributed by atoms with Crippen molar-refractivity contribution in [3.05, 3.63) is 118 Å². The highest BCUT2D eigenvalue weighted by Gasteiger charge is 2.43. The van der Waals surface area contributed by atoms with E-state index in [1.165, 1.54) is 0 Å². The van der Waals surface area contributed by atoms with Gasteiger partial charge in [-0.05, 0) is 65.1 Å². The molecule has 3 amide bonds. The molecular weight excluding hydrogens is 548 g/mol. The van der Waals surface area contributed by atoms with Crippen molar-refractivity contribution in [1.29, 1.82) is 5.26 Å². The summed E-state index contributed by atoms with van der Waals surface area (Å²) in [7, 11) is 0. The van der Waals surface area contributed by atoms with Crippen LogP contribution in [0.4, 0.5) is 0 Å². The van der Waals surface area contributed by atoms with Crippen molar-refractivity contribution >= 4 is 40.1 Å². The molecule has 1 heterocycles. The summed E-state index contributed by atoms with van der Waals surface area (Å²) in [5.74, 6) is -1.22. The number of amides is 3. The maximum absolute atomic E-state index is 14.5. The minimum atomic E-state index is -0.999. The Balaban J connectivity index is 1.53. The van der Waals surface area contributed by atoms with Crippen LogP contribution in [0.3, 0.4) is 0 Å². The molecule has 1 saturated heterocycles. The summed E-state index contributed by atoms with van der Waals surface area (Å²) >= 11 is 6.36. The van der Waals surface area contributed by atoms with Gasteiger partial charge in [0, 0.05) is 24.0 Å². The van der Waals surface area contributed by atoms with Crippen LogP contribution in [0.25, 0.3) is 10.8 Å². The highest BCUT2D eigenvalue weighted by atomic mass is 35.5. The monoisotopic (exact) mass is 578 g/mol. The van der Waals surface area contributed by atoms with Crippen LogP contribution < -0.4 is 5.73 Å². The lowest BCUT2D eigenvalue weighted by atomic mass is 9.96. The Kier molecular flexibility index (Phi) is 8.56. The molecule has 0 saturated carbocycles. The Morgan fingerprint density at radius 1 is 1.02 bits per heavy atom. The molecule has 3 unspecified atom stereocenters. The summed E-state index contributed by atoms with van der Waals surface area (Å²) in [6, 6.07) is 27.4. The van der Waals surface area contributed by atoms with Gasteiger partial charge < -0.3 is 15.5 Å². The van der Waals surface area contributed by atoms with Gasteiger partial charge >= 0.3 is 0 Å². The first kappa shape index (κ1) is 28.8. The minimum absolute atomic E-state index is 0.0512. The first-order valence-corrected chi connectivity index (χ1v) is 14.3. The van der Waals surface area contributed by atoms with Crippen LogP contribution in [0, 0.1) is 11.3 Å². The first-order valence-electron chi connectivity index (χ1n) is 13.9. The van der Waals surface area contributed by atoms with Crippen LogP contribution in [-0.4, -0.2) is 46.1 Å². The number of carbonyl (C=O) groups is 3. The third-order valence-corrected chi connectivity index (χ3v) is 8.18. The second-order valence-corrected chi connectivity index (χ2v) is 11.1. The molecule has 3 atom stereocenters. The van der Waals surface area contributed by atoms with E-state index in [9.17, 15) is 14.4 Å². The largest absolute Gasteiger partial charge is 0.368 e. The van der Waals surface area contributed by atoms with Gasteiger partial charge in [-0.25, -0.2) is 0 Å². The van der Waals surface area contributed by atoms with Crippen LogP contribution in [0.5, 0.6) is 0 Å². The number of carbonyl (C=O) groups excluding carboxylic acids is 3. The average Bonchev–Trinajstić information content (AvgIpc) is 3.11. The molecule has 1 aliphatic rings. The van der Waals surface area contributed by atoms with E-state index in [4.69, 9.17) is 22.6 Å². The summed E-state index contributed by atoms with van der Waals surface area (Å²) in [6.45, 7) is 2.17. The van der Waals surface area contributed by atoms with Crippen molar-refractivity contribution in [1.82, 2.24) is 9.80 Å². The van der Waals surface area contributed by atoms with Crippen molar-refractivity contribution in [3.8, 4) is 6.07 Å². The number of hydrogen-bond acceptors (Lipinski definition) is 4. The van der Waals surface area contributed by atoms with Crippen molar-refractivity contribution in [2.45, 2.75) is 44.3 Å². The van der Waals surface area contributed by atoms with Gasteiger partial charge in [0.1, 0.15) is 12.1 Å². The zero-order valence-electron chi connectivity index (χ0n) is 23.2. The molecule has 0 radical (unpaired) electrons. The number of fused-ring (bicyclic) bond motifs is 1. The lowest BCUT2D eigenvalue weighted by Crippen LogP contribution is -2.52. The number of nitrogens with zero attached hydrogens (tertiary/aromatic N) is 3. The lowest BCUT2D eigenvalue weighted by Gasteiger charge is -2.36. The fourth-order valence-corrected chi connectivity index (χ4v) is 5.99. The maximum atomic E-state index is 14.5. The van der Waals surface area contributed by atoms with Crippen molar-refractivity contribution < 1.29 is 14.4 Å². The predicted octanol–water partition coefficient (Wildman–Crippen LogP) is 5.19. The molecule has 0 aliphatic carbocycles. The van der Waals surface area contributed by atoms with Crippen molar-refractivity contribution in [2.75, 3.05) is 6.54 Å². The number of primary amides is 1. The van der Waals surface area contributed by atoms with E-state index in [1.807, 2.05) is 49.4 Å². The van der Waals surface area contributed by atoms with Crippen LogP contribution in [0.2, 0.25) is 5.02 Å². The fourth-order valence-electron chi connectivity index (χ4n) is 5.79. The van der Waals surface area contributed by atoms with Crippen molar-refractivity contribution in [3.63, 3.8) is 0 Å². The molecule has 0 aromatic heterocycles. The summed E-state index contributed by atoms with van der Waals surface area (Å²) in [5.41, 5.74) is 8.69. The van der Waals surface area contributed by atoms with E-state index in [2.05, 4.69) is 6.07 Å². The van der Waals surface area contributed by atoms with Gasteiger partial charge in [0.2, 0.25) is 11.8 Å². The molecule has 0 bridgehead atoms. The summed E-state index contributed by atoms with van der Waals surface area (Å²) < 4.78 is 0. The number of nitrogens with two attached hydrogens (primary N) is 1. The summed E-state index contributed by atoms with van der Waals surface area (Å²) in [5, 5.41) is 11.6. The van der Waals surface area contributed by atoms with Gasteiger partial charge in [0.15, 0.2) is 0 Å². The molecule has 4 aromatic rings. The van der Waals surface area contributed by atoms with E-state index < -0.39 is 18.0 Å². The maximum Gasteiger partial charge on any atom is 0.250 e. The third-order valence-electron chi connectivity index (χ3n) is 7.95. The molecular formula is C34H31ClN4O3. The SMILES string of the molecule is CC1CCN(C(Cc2cccc3ccccc23)C(N)=O)C(=O)C(c2cccc(Cl)c2)N1C(=O)Cc1ccc(C#N)cc1. The molecule has 42 heavy (non-hydrogen) atoms. The summed E-state index contributed by atoms with van der Waals surface area (Å²) in [4.78, 5) is 44.6. The van der Waals surface area contributed by atoms with Gasteiger partial charge in [-0.2, -0.15) is 5.26 Å². The second kappa shape index (κ2) is 12.5. The molecule has 2 N–H and O–H groups in total. The number of nitriles is 1. The first-order chi connectivity index (χ1) is 20.3. The Hall–Kier alpha value is -4.67. The smallest absolute Gasteiger partial charge is 0.250 e. The molecule has 212 valence electrons. The number of rotatable bonds is 7. The van der Waals surface area contributed by atoms with Gasteiger partial charge in [-0.3, -0.25) is 14.4 Å². The van der Waals surface area contributed by atoms with Crippen LogP contribution >= 0.6 is 11.6 Å². The highest BCUT2D eigenvalue weighted by molar-refractivity contribution is 6.30. The lowest BCUT2D eigenvalue weighted by molar-refractivity contribution is -0.148. The normalized spacial score (nSPS) is 17.9. The number of hydrogen-bond donors (Lipinski definition) is 1. The number of benzene rings is 4. The van der Waals surface area contributed by atoms with E-state index in [-0.39, 0.29) is 37.2 Å². The Morgan fingerprint density at radius 3 is 2.45 bits per heavy atom. The predicted molar refractivity (Wildman–Crippen MR) is 162 cm³/mol. The highest BCUT2D eigenvalue weighted by Crippen LogP contribution is 2.33. The molecule has 8 heteroatoms. The Labute approximate surface area is 250 Å². The Bertz CT molecular complexity index is 1680. The molecule has 1 aliphatic heterocycles. The molecule has 1 fully saturated rings. The zero-order chi connectivity index (χ0) is 29.8. The van der Waals surface area contributed by atoms with Gasteiger partial charge in [-0.1, -0.05) is 78.3 Å². The van der Waals surface area contributed by atoms with Crippen molar-refractivity contribution in [2.24, 2.45) is 5.73 Å². The molecule has 5 rings (SSSR count). The van der Waals surface area contributed by atoms with E-state index in [0.717, 1.165) is 21.9 Å². The average molecular weight is 579 g/mol. The van der Waals surface area contributed by atoms with E-state index in [0.29, 0.717) is 22.6 Å². The second-order valence-electron chi connectivity index (χ2n) is 10.7. The zero-order valence-corrected chi connectivity index (χ0v) is 24.0. The molecule has 7 nitrogen and oxygen atoms in total. The third kappa shape index (κ3) is 6.00. The summed E-state index contributed by atoms with van der Waals surface area (Å²) in [6.07, 6.45) is 0.759. The van der Waals surface area contributed by atoms with Gasteiger partial charge in [0.05, 0.1) is 18.1 Å². The van der Waals surface area contributed by atoms with E-state index >= 15 is 0 Å². The van der Waals surface area contributed by atoms with Crippen LogP contribution in [0.1, 0.15) is 41.6 Å². The van der Waals surface area contributed by atoms with E-state index in [1.54, 1.807) is 58.3 Å².